The van der Waals surface area contributed by atoms with Crippen molar-refractivity contribution >= 4 is 5.97 Å². The van der Waals surface area contributed by atoms with Gasteiger partial charge >= 0.3 is 5.97 Å². The molecule has 25 heavy (non-hydrogen) atoms. The largest absolute Gasteiger partial charge is 0.458 e. The van der Waals surface area contributed by atoms with E-state index in [2.05, 4.69) is 6.08 Å². The molecule has 6 heteroatoms. The summed E-state index contributed by atoms with van der Waals surface area (Å²) in [6.07, 6.45) is 8.57. The molecule has 1 fully saturated rings. The van der Waals surface area contributed by atoms with Gasteiger partial charge in [-0.3, -0.25) is 0 Å². The molecule has 0 amide bonds. The number of esters is 1. The van der Waals surface area contributed by atoms with Crippen LogP contribution in [-0.4, -0.2) is 50.1 Å². The first-order chi connectivity index (χ1) is 11.9. The van der Waals surface area contributed by atoms with E-state index >= 15 is 0 Å². The second-order valence-corrected chi connectivity index (χ2v) is 7.19. The molecule has 0 spiro atoms. The van der Waals surface area contributed by atoms with E-state index in [1.54, 1.807) is 7.11 Å². The molecule has 2 aliphatic heterocycles. The van der Waals surface area contributed by atoms with E-state index in [9.17, 15) is 4.79 Å². The molecule has 2 aliphatic rings. The molecule has 0 aromatic heterocycles. The van der Waals surface area contributed by atoms with Crippen LogP contribution in [0.1, 0.15) is 59.3 Å². The van der Waals surface area contributed by atoms with Gasteiger partial charge in [0.1, 0.15) is 19.0 Å². The summed E-state index contributed by atoms with van der Waals surface area (Å²) in [7, 11) is 1.59. The second-order valence-electron chi connectivity index (χ2n) is 7.19. The third kappa shape index (κ3) is 6.37. The fourth-order valence-corrected chi connectivity index (χ4v) is 3.24. The van der Waals surface area contributed by atoms with Gasteiger partial charge in [0.05, 0.1) is 6.10 Å². The lowest BCUT2D eigenvalue weighted by Gasteiger charge is -2.26. The van der Waals surface area contributed by atoms with Crippen LogP contribution in [0.2, 0.25) is 0 Å². The molecule has 1 saturated heterocycles. The molecule has 2 unspecified atom stereocenters. The molecule has 0 N–H and O–H groups in total. The maximum Gasteiger partial charge on any atom is 0.338 e. The lowest BCUT2D eigenvalue weighted by atomic mass is 10.0. The van der Waals surface area contributed by atoms with Gasteiger partial charge in [0.15, 0.2) is 11.9 Å². The molecule has 144 valence electrons. The van der Waals surface area contributed by atoms with Gasteiger partial charge in [-0.05, 0) is 40.0 Å². The van der Waals surface area contributed by atoms with Crippen LogP contribution < -0.4 is 0 Å². The summed E-state index contributed by atoms with van der Waals surface area (Å²) in [6.45, 7) is 5.66. The molecule has 6 nitrogen and oxygen atoms in total. The number of methoxy groups -OCH3 is 1. The average molecular weight is 356 g/mol. The third-order valence-electron chi connectivity index (χ3n) is 4.52. The third-order valence-corrected chi connectivity index (χ3v) is 4.52. The van der Waals surface area contributed by atoms with E-state index in [0.29, 0.717) is 0 Å². The van der Waals surface area contributed by atoms with Crippen molar-refractivity contribution in [2.75, 3.05) is 13.9 Å². The smallest absolute Gasteiger partial charge is 0.338 e. The zero-order valence-corrected chi connectivity index (χ0v) is 15.9. The van der Waals surface area contributed by atoms with Gasteiger partial charge in [-0.2, -0.15) is 0 Å². The minimum absolute atomic E-state index is 0.184. The Bertz CT molecular complexity index is 447. The van der Waals surface area contributed by atoms with E-state index in [4.69, 9.17) is 23.7 Å². The van der Waals surface area contributed by atoms with Gasteiger partial charge in [0, 0.05) is 7.11 Å². The predicted octanol–water partition coefficient (Wildman–Crippen LogP) is 3.34. The van der Waals surface area contributed by atoms with Gasteiger partial charge in [-0.25, -0.2) is 4.79 Å². The summed E-state index contributed by atoms with van der Waals surface area (Å²) >= 11 is 0. The maximum atomic E-state index is 12.6. The highest BCUT2D eigenvalue weighted by Gasteiger charge is 2.45. The Labute approximate surface area is 150 Å². The van der Waals surface area contributed by atoms with Crippen molar-refractivity contribution in [2.24, 2.45) is 0 Å². The van der Waals surface area contributed by atoms with Crippen molar-refractivity contribution in [3.8, 4) is 0 Å². The van der Waals surface area contributed by atoms with Crippen LogP contribution in [0.4, 0.5) is 0 Å². The van der Waals surface area contributed by atoms with Gasteiger partial charge in [-0.15, -0.1) is 0 Å². The van der Waals surface area contributed by atoms with Gasteiger partial charge in [-0.1, -0.05) is 31.4 Å². The number of hydrogen-bond donors (Lipinski definition) is 0. The highest BCUT2D eigenvalue weighted by molar-refractivity contribution is 5.76. The van der Waals surface area contributed by atoms with E-state index in [0.717, 1.165) is 32.1 Å². The molecule has 4 atom stereocenters. The normalized spacial score (nSPS) is 35.4. The topological polar surface area (TPSA) is 63.2 Å². The van der Waals surface area contributed by atoms with Crippen LogP contribution in [0.5, 0.6) is 0 Å². The number of carbonyl (C=O) groups is 1. The Balaban J connectivity index is 2.09. The number of allylic oxidation sites excluding steroid dienone is 1. The van der Waals surface area contributed by atoms with Crippen molar-refractivity contribution in [1.29, 1.82) is 0 Å². The van der Waals surface area contributed by atoms with Crippen LogP contribution >= 0.6 is 0 Å². The standard InChI is InChI=1S/C19H32O6/c1-14-15(22-13-21-4)11-9-7-5-6-8-10-12-16-17(18(20)23-14)25-19(2,3)24-16/h10,12,14-17H,5-9,11,13H2,1-4H3/b12-10+/t14?,15?,16-,17-/m1/s1. The minimum atomic E-state index is -0.804. The highest BCUT2D eigenvalue weighted by atomic mass is 16.8. The Morgan fingerprint density at radius 2 is 1.96 bits per heavy atom. The fraction of sp³-hybridized carbons (Fsp3) is 0.842. The van der Waals surface area contributed by atoms with Crippen LogP contribution in [0.15, 0.2) is 12.2 Å². The molecule has 0 bridgehead atoms. The van der Waals surface area contributed by atoms with E-state index < -0.39 is 24.0 Å². The Hall–Kier alpha value is -0.950. The SMILES string of the molecule is COCOC1CCCCCC/C=C/[C@H]2OC(C)(C)O[C@H]2C(=O)OC1C. The lowest BCUT2D eigenvalue weighted by Crippen LogP contribution is -2.39. The summed E-state index contributed by atoms with van der Waals surface area (Å²) in [5.41, 5.74) is 0. The van der Waals surface area contributed by atoms with Crippen molar-refractivity contribution in [2.45, 2.75) is 89.5 Å². The molecule has 0 aliphatic carbocycles. The number of rotatable bonds is 3. The van der Waals surface area contributed by atoms with Gasteiger partial charge in [0.25, 0.3) is 0 Å². The highest BCUT2D eigenvalue weighted by Crippen LogP contribution is 2.30. The van der Waals surface area contributed by atoms with Gasteiger partial charge in [0.2, 0.25) is 0 Å². The van der Waals surface area contributed by atoms with E-state index in [1.807, 2.05) is 26.8 Å². The number of hydrogen-bond acceptors (Lipinski definition) is 6. The number of cyclic esters (lactones) is 1. The first-order valence-electron chi connectivity index (χ1n) is 9.26. The molecule has 2 heterocycles. The van der Waals surface area contributed by atoms with Crippen molar-refractivity contribution < 1.29 is 28.5 Å². The average Bonchev–Trinajstić information content (AvgIpc) is 2.86. The monoisotopic (exact) mass is 356 g/mol. The molecular formula is C19H32O6. The zero-order chi connectivity index (χ0) is 18.3. The van der Waals surface area contributed by atoms with Crippen LogP contribution in [0.3, 0.4) is 0 Å². The molecule has 0 saturated carbocycles. The van der Waals surface area contributed by atoms with Crippen LogP contribution in [-0.2, 0) is 28.5 Å². The molecule has 0 aromatic rings. The van der Waals surface area contributed by atoms with Crippen molar-refractivity contribution in [3.63, 3.8) is 0 Å². The number of fused-ring (bicyclic) bond motifs is 1. The van der Waals surface area contributed by atoms with Crippen molar-refractivity contribution in [3.05, 3.63) is 12.2 Å². The second kappa shape index (κ2) is 9.67. The van der Waals surface area contributed by atoms with E-state index in [-0.39, 0.29) is 19.0 Å². The van der Waals surface area contributed by atoms with Crippen LogP contribution in [0.25, 0.3) is 0 Å². The lowest BCUT2D eigenvalue weighted by molar-refractivity contribution is -0.183. The molecule has 2 rings (SSSR count). The minimum Gasteiger partial charge on any atom is -0.458 e. The maximum absolute atomic E-state index is 12.6. The predicted molar refractivity (Wildman–Crippen MR) is 93.0 cm³/mol. The number of carbonyl (C=O) groups excluding carboxylic acids is 1. The first-order valence-corrected chi connectivity index (χ1v) is 9.26. The van der Waals surface area contributed by atoms with E-state index in [1.165, 1.54) is 6.42 Å². The quantitative estimate of drug-likeness (QED) is 0.439. The molecule has 0 radical (unpaired) electrons. The summed E-state index contributed by atoms with van der Waals surface area (Å²) in [5.74, 6) is -1.21. The molecule has 0 aromatic carbocycles. The summed E-state index contributed by atoms with van der Waals surface area (Å²) < 4.78 is 28.0. The Morgan fingerprint density at radius 1 is 1.20 bits per heavy atom. The Kier molecular flexibility index (Phi) is 7.87. The summed E-state index contributed by atoms with van der Waals surface area (Å²) in [4.78, 5) is 12.6. The van der Waals surface area contributed by atoms with Gasteiger partial charge < -0.3 is 23.7 Å². The first kappa shape index (κ1) is 20.4. The summed E-state index contributed by atoms with van der Waals surface area (Å²) in [6, 6.07) is 0. The Morgan fingerprint density at radius 3 is 2.72 bits per heavy atom. The summed E-state index contributed by atoms with van der Waals surface area (Å²) in [5, 5.41) is 0. The van der Waals surface area contributed by atoms with Crippen molar-refractivity contribution in [1.82, 2.24) is 0 Å². The fourth-order valence-electron chi connectivity index (χ4n) is 3.24. The molecular weight excluding hydrogens is 324 g/mol. The number of ether oxygens (including phenoxy) is 5. The van der Waals surface area contributed by atoms with Crippen LogP contribution in [0, 0.1) is 0 Å². The zero-order valence-electron chi connectivity index (χ0n) is 15.9.